The molecule has 2 heterocycles. The van der Waals surface area contributed by atoms with E-state index in [1.807, 2.05) is 0 Å². The molecule has 0 atom stereocenters. The number of rotatable bonds is 0. The lowest BCUT2D eigenvalue weighted by Crippen LogP contribution is -2.01. The third kappa shape index (κ3) is 0.556. The van der Waals surface area contributed by atoms with Crippen LogP contribution in [0.15, 0.2) is 32.4 Å². The molecule has 4 heteroatoms. The Labute approximate surface area is 55.1 Å². The van der Waals surface area contributed by atoms with Crippen LogP contribution in [0.2, 0.25) is 0 Å². The molecule has 2 aromatic rings. The lowest BCUT2D eigenvalue weighted by molar-refractivity contribution is 0.555. The summed E-state index contributed by atoms with van der Waals surface area (Å²) in [5.74, 6) is 0. The molecule has 0 unspecified atom stereocenters. The molecule has 0 aliphatic heterocycles. The minimum atomic E-state index is -0.397. The van der Waals surface area contributed by atoms with Gasteiger partial charge in [0.15, 0.2) is 12.0 Å². The van der Waals surface area contributed by atoms with Gasteiger partial charge in [0.25, 0.3) is 0 Å². The van der Waals surface area contributed by atoms with Crippen LogP contribution in [0, 0.1) is 0 Å². The van der Waals surface area contributed by atoms with Gasteiger partial charge in [0.1, 0.15) is 0 Å². The van der Waals surface area contributed by atoms with Crippen molar-refractivity contribution in [2.45, 2.75) is 0 Å². The van der Waals surface area contributed by atoms with Crippen molar-refractivity contribution in [2.75, 3.05) is 0 Å². The lowest BCUT2D eigenvalue weighted by atomic mass is 10.5. The second-order valence-corrected chi connectivity index (χ2v) is 1.77. The van der Waals surface area contributed by atoms with Gasteiger partial charge < -0.3 is 8.83 Å². The number of aromatic nitrogens is 1. The zero-order chi connectivity index (χ0) is 6.97. The molecule has 0 fully saturated rings. The van der Waals surface area contributed by atoms with E-state index in [0.29, 0.717) is 5.58 Å². The molecule has 0 radical (unpaired) electrons. The fourth-order valence-corrected chi connectivity index (χ4v) is 0.736. The standard InChI is InChI=1S/C6H3NO3/c8-6-5-4(1-2-9-5)10-3-7-6/h1-3H. The summed E-state index contributed by atoms with van der Waals surface area (Å²) in [6, 6.07) is 1.57. The van der Waals surface area contributed by atoms with Crippen molar-refractivity contribution in [1.82, 2.24) is 4.98 Å². The monoisotopic (exact) mass is 137 g/mol. The van der Waals surface area contributed by atoms with E-state index in [0.717, 1.165) is 6.39 Å². The molecule has 0 N–H and O–H groups in total. The van der Waals surface area contributed by atoms with Crippen molar-refractivity contribution < 1.29 is 8.83 Å². The second kappa shape index (κ2) is 1.70. The number of hydrogen-bond acceptors (Lipinski definition) is 4. The average molecular weight is 137 g/mol. The van der Waals surface area contributed by atoms with Crippen molar-refractivity contribution in [3.8, 4) is 0 Å². The van der Waals surface area contributed by atoms with Crippen LogP contribution >= 0.6 is 0 Å². The van der Waals surface area contributed by atoms with Gasteiger partial charge in [0.2, 0.25) is 5.58 Å². The van der Waals surface area contributed by atoms with Crippen LogP contribution in [0.5, 0.6) is 0 Å². The van der Waals surface area contributed by atoms with Crippen LogP contribution in [0.1, 0.15) is 0 Å². The van der Waals surface area contributed by atoms with Crippen LogP contribution in [0.3, 0.4) is 0 Å². The number of fused-ring (bicyclic) bond motifs is 1. The molecule has 0 bridgehead atoms. The Hall–Kier alpha value is -1.58. The SMILES string of the molecule is O=c1ncoc2ccoc12. The highest BCUT2D eigenvalue weighted by Crippen LogP contribution is 2.07. The van der Waals surface area contributed by atoms with E-state index in [-0.39, 0.29) is 5.58 Å². The Balaban J connectivity index is 3.09. The predicted molar refractivity (Wildman–Crippen MR) is 32.5 cm³/mol. The largest absolute Gasteiger partial charge is 0.455 e. The summed E-state index contributed by atoms with van der Waals surface area (Å²) >= 11 is 0. The van der Waals surface area contributed by atoms with E-state index in [2.05, 4.69) is 4.98 Å². The fourth-order valence-electron chi connectivity index (χ4n) is 0.736. The molecule has 0 saturated carbocycles. The van der Waals surface area contributed by atoms with E-state index in [1.165, 1.54) is 6.26 Å². The van der Waals surface area contributed by atoms with E-state index in [1.54, 1.807) is 6.07 Å². The molecular weight excluding hydrogens is 134 g/mol. The normalized spacial score (nSPS) is 10.4. The van der Waals surface area contributed by atoms with Gasteiger partial charge in [-0.2, -0.15) is 4.98 Å². The molecule has 0 aromatic carbocycles. The molecule has 4 nitrogen and oxygen atoms in total. The van der Waals surface area contributed by atoms with Crippen molar-refractivity contribution in [1.29, 1.82) is 0 Å². The van der Waals surface area contributed by atoms with Gasteiger partial charge in [-0.05, 0) is 0 Å². The van der Waals surface area contributed by atoms with Crippen LogP contribution in [-0.4, -0.2) is 4.98 Å². The molecule has 50 valence electrons. The van der Waals surface area contributed by atoms with E-state index in [9.17, 15) is 4.79 Å². The maximum Gasteiger partial charge on any atom is 0.319 e. The number of hydrogen-bond donors (Lipinski definition) is 0. The highest BCUT2D eigenvalue weighted by molar-refractivity contribution is 5.67. The average Bonchev–Trinajstić information content (AvgIpc) is 2.36. The summed E-state index contributed by atoms with van der Waals surface area (Å²) in [6.07, 6.45) is 2.48. The van der Waals surface area contributed by atoms with Gasteiger partial charge in [0.05, 0.1) is 6.26 Å². The zero-order valence-corrected chi connectivity index (χ0v) is 4.90. The van der Waals surface area contributed by atoms with Gasteiger partial charge in [-0.25, -0.2) is 0 Å². The predicted octanol–water partition coefficient (Wildman–Crippen LogP) is 0.781. The van der Waals surface area contributed by atoms with Crippen molar-refractivity contribution in [3.05, 3.63) is 29.1 Å². The maximum atomic E-state index is 10.8. The third-order valence-electron chi connectivity index (χ3n) is 1.17. The van der Waals surface area contributed by atoms with Crippen molar-refractivity contribution in [2.24, 2.45) is 0 Å². The molecule has 0 aliphatic rings. The van der Waals surface area contributed by atoms with Crippen molar-refractivity contribution in [3.63, 3.8) is 0 Å². The third-order valence-corrected chi connectivity index (χ3v) is 1.17. The highest BCUT2D eigenvalue weighted by atomic mass is 16.4. The molecule has 0 spiro atoms. The first-order valence-electron chi connectivity index (χ1n) is 2.69. The smallest absolute Gasteiger partial charge is 0.319 e. The van der Waals surface area contributed by atoms with Gasteiger partial charge in [0, 0.05) is 6.07 Å². The summed E-state index contributed by atoms with van der Waals surface area (Å²) in [4.78, 5) is 14.1. The van der Waals surface area contributed by atoms with Crippen molar-refractivity contribution >= 4 is 11.2 Å². The summed E-state index contributed by atoms with van der Waals surface area (Å²) < 4.78 is 9.61. The van der Waals surface area contributed by atoms with E-state index in [4.69, 9.17) is 8.83 Å². The Morgan fingerprint density at radius 1 is 1.40 bits per heavy atom. The maximum absolute atomic E-state index is 10.8. The minimum absolute atomic E-state index is 0.169. The summed E-state index contributed by atoms with van der Waals surface area (Å²) in [6.45, 7) is 0. The van der Waals surface area contributed by atoms with Gasteiger partial charge in [-0.1, -0.05) is 0 Å². The topological polar surface area (TPSA) is 56.2 Å². The zero-order valence-electron chi connectivity index (χ0n) is 4.90. The first kappa shape index (κ1) is 5.22. The van der Waals surface area contributed by atoms with E-state index >= 15 is 0 Å². The molecular formula is C6H3NO3. The van der Waals surface area contributed by atoms with Gasteiger partial charge in [-0.15, -0.1) is 0 Å². The number of furan rings is 1. The Morgan fingerprint density at radius 3 is 3.10 bits per heavy atom. The molecule has 0 aliphatic carbocycles. The molecule has 2 rings (SSSR count). The Morgan fingerprint density at radius 2 is 2.30 bits per heavy atom. The van der Waals surface area contributed by atoms with Crippen LogP contribution < -0.4 is 5.56 Å². The first-order valence-corrected chi connectivity index (χ1v) is 2.69. The Kier molecular flexibility index (Phi) is 0.887. The summed E-state index contributed by atoms with van der Waals surface area (Å²) in [5.41, 5.74) is 0.203. The molecule has 10 heavy (non-hydrogen) atoms. The molecule has 2 aromatic heterocycles. The Bertz CT molecular complexity index is 400. The van der Waals surface area contributed by atoms with Crippen LogP contribution in [0.4, 0.5) is 0 Å². The van der Waals surface area contributed by atoms with Crippen LogP contribution in [0.25, 0.3) is 11.2 Å². The molecule has 0 amide bonds. The van der Waals surface area contributed by atoms with Crippen LogP contribution in [-0.2, 0) is 0 Å². The van der Waals surface area contributed by atoms with Gasteiger partial charge >= 0.3 is 5.56 Å². The second-order valence-electron chi connectivity index (χ2n) is 1.77. The summed E-state index contributed by atoms with van der Waals surface area (Å²) in [7, 11) is 0. The lowest BCUT2D eigenvalue weighted by Gasteiger charge is -1.80. The van der Waals surface area contributed by atoms with Gasteiger partial charge in [-0.3, -0.25) is 4.79 Å². The highest BCUT2D eigenvalue weighted by Gasteiger charge is 2.01. The quantitative estimate of drug-likeness (QED) is 0.538. The van der Waals surface area contributed by atoms with E-state index < -0.39 is 5.56 Å². The number of nitrogens with zero attached hydrogens (tertiary/aromatic N) is 1. The minimum Gasteiger partial charge on any atom is -0.455 e. The fraction of sp³-hybridized carbons (Fsp3) is 0. The summed E-state index contributed by atoms with van der Waals surface area (Å²) in [5, 5.41) is 0. The molecule has 0 saturated heterocycles. The first-order chi connectivity index (χ1) is 4.88.